The lowest BCUT2D eigenvalue weighted by molar-refractivity contribution is -0.138. The summed E-state index contributed by atoms with van der Waals surface area (Å²) >= 11 is 10.6. The number of esters is 1. The second-order valence-electron chi connectivity index (χ2n) is 5.26. The van der Waals surface area contributed by atoms with Gasteiger partial charge in [-0.15, -0.1) is 11.3 Å². The molecule has 0 saturated heterocycles. The van der Waals surface area contributed by atoms with E-state index in [4.69, 9.17) is 16.3 Å². The average Bonchev–Trinajstić information content (AvgIpc) is 3.17. The Morgan fingerprint density at radius 2 is 2.31 bits per heavy atom. The summed E-state index contributed by atoms with van der Waals surface area (Å²) in [5.74, 6) is -0.558. The number of hydrogen-bond donors (Lipinski definition) is 1. The van der Waals surface area contributed by atoms with Crippen molar-refractivity contribution in [3.63, 3.8) is 0 Å². The normalized spacial score (nSPS) is 16.9. The van der Waals surface area contributed by atoms with E-state index < -0.39 is 17.8 Å². The molecule has 1 aromatic heterocycles. The fourth-order valence-electron chi connectivity index (χ4n) is 2.52. The summed E-state index contributed by atoms with van der Waals surface area (Å²) in [6.07, 6.45) is 1.67. The molecule has 9 heteroatoms. The smallest absolute Gasteiger partial charge is 0.338 e. The van der Waals surface area contributed by atoms with Crippen LogP contribution in [0.1, 0.15) is 23.5 Å². The lowest BCUT2D eigenvalue weighted by atomic mass is 9.96. The second kappa shape index (κ2) is 8.28. The largest absolute Gasteiger partial charge is 0.463 e. The van der Waals surface area contributed by atoms with Crippen LogP contribution >= 0.6 is 38.9 Å². The molecule has 5 nitrogen and oxygen atoms in total. The first-order valence-electron chi connectivity index (χ1n) is 7.70. The summed E-state index contributed by atoms with van der Waals surface area (Å²) in [5.41, 5.74) is 1.43. The summed E-state index contributed by atoms with van der Waals surface area (Å²) in [6.45, 7) is 1.95. The number of rotatable bonds is 5. The van der Waals surface area contributed by atoms with Crippen molar-refractivity contribution < 1.29 is 13.9 Å². The molecule has 0 aliphatic carbocycles. The zero-order chi connectivity index (χ0) is 18.7. The summed E-state index contributed by atoms with van der Waals surface area (Å²) in [5, 5.41) is 6.01. The van der Waals surface area contributed by atoms with Crippen LogP contribution < -0.4 is 5.32 Å². The Kier molecular flexibility index (Phi) is 6.05. The molecule has 0 radical (unpaired) electrons. The van der Waals surface area contributed by atoms with Gasteiger partial charge in [-0.2, -0.15) is 0 Å². The van der Waals surface area contributed by atoms with E-state index in [1.807, 2.05) is 5.38 Å². The molecule has 0 amide bonds. The highest BCUT2D eigenvalue weighted by molar-refractivity contribution is 9.09. The molecule has 0 spiro atoms. The maximum absolute atomic E-state index is 14.0. The van der Waals surface area contributed by atoms with Crippen molar-refractivity contribution >= 4 is 50.7 Å². The van der Waals surface area contributed by atoms with Crippen LogP contribution in [-0.2, 0) is 9.53 Å². The molecule has 2 heterocycles. The minimum absolute atomic E-state index is 0.00851. The molecule has 0 saturated carbocycles. The van der Waals surface area contributed by atoms with Crippen LogP contribution in [0.5, 0.6) is 0 Å². The van der Waals surface area contributed by atoms with Gasteiger partial charge in [0.1, 0.15) is 11.9 Å². The fraction of sp³-hybridized carbons (Fsp3) is 0.235. The Bertz CT molecular complexity index is 886. The van der Waals surface area contributed by atoms with Gasteiger partial charge in [-0.1, -0.05) is 33.6 Å². The molecule has 1 aliphatic rings. The van der Waals surface area contributed by atoms with Crippen LogP contribution in [0.25, 0.3) is 0 Å². The van der Waals surface area contributed by atoms with E-state index in [0.717, 1.165) is 0 Å². The third kappa shape index (κ3) is 3.82. The summed E-state index contributed by atoms with van der Waals surface area (Å²) in [4.78, 5) is 21.4. The first-order chi connectivity index (χ1) is 12.5. The molecule has 1 N–H and O–H groups in total. The summed E-state index contributed by atoms with van der Waals surface area (Å²) < 4.78 is 19.2. The van der Waals surface area contributed by atoms with E-state index in [-0.39, 0.29) is 11.6 Å². The second-order valence-corrected chi connectivity index (χ2v) is 7.12. The number of allylic oxidation sites excluding steroid dienone is 1. The number of nitrogens with zero attached hydrogens (tertiary/aromatic N) is 2. The molecule has 0 fully saturated rings. The molecule has 0 bridgehead atoms. The molecular formula is C17H14BrClFN3O2S. The van der Waals surface area contributed by atoms with Gasteiger partial charge >= 0.3 is 5.97 Å². The van der Waals surface area contributed by atoms with E-state index >= 15 is 0 Å². The lowest BCUT2D eigenvalue weighted by Crippen LogP contribution is -2.34. The van der Waals surface area contributed by atoms with Gasteiger partial charge in [0.25, 0.3) is 0 Å². The highest BCUT2D eigenvalue weighted by Crippen LogP contribution is 2.34. The number of ether oxygens (including phenoxy) is 1. The van der Waals surface area contributed by atoms with Gasteiger partial charge in [0.15, 0.2) is 10.8 Å². The molecule has 2 aromatic rings. The van der Waals surface area contributed by atoms with Gasteiger partial charge in [-0.25, -0.2) is 14.2 Å². The number of carbonyl (C=O) groups excluding carboxylic acids is 1. The molecule has 3 rings (SSSR count). The molecule has 1 aliphatic heterocycles. The fourth-order valence-corrected chi connectivity index (χ4v) is 3.67. The predicted molar refractivity (Wildman–Crippen MR) is 103 cm³/mol. The van der Waals surface area contributed by atoms with Crippen molar-refractivity contribution in [2.75, 3.05) is 11.9 Å². The van der Waals surface area contributed by atoms with E-state index in [0.29, 0.717) is 33.0 Å². The van der Waals surface area contributed by atoms with Crippen molar-refractivity contribution in [1.82, 2.24) is 10.3 Å². The van der Waals surface area contributed by atoms with Crippen molar-refractivity contribution in [2.24, 2.45) is 4.99 Å². The predicted octanol–water partition coefficient (Wildman–Crippen LogP) is 4.24. The van der Waals surface area contributed by atoms with Gasteiger partial charge in [-0.05, 0) is 24.6 Å². The van der Waals surface area contributed by atoms with Crippen LogP contribution in [0.15, 0.2) is 46.0 Å². The highest BCUT2D eigenvalue weighted by atomic mass is 79.9. The topological polar surface area (TPSA) is 63.6 Å². The number of amidine groups is 1. The standard InChI is InChI=1S/C17H14BrClFN3O2S/c1-2-25-17(24)13-12(8-18)22-15(16-21-5-6-26-16)23-14(13)9-3-4-10(19)11(20)7-9/h3-7,14H,2,8H2,1H3,(H,22,23). The maximum atomic E-state index is 14.0. The number of aliphatic imine (C=N–C) groups is 1. The third-order valence-corrected chi connectivity index (χ3v) is 5.30. The Morgan fingerprint density at radius 1 is 1.50 bits per heavy atom. The Hall–Kier alpha value is -1.77. The summed E-state index contributed by atoms with van der Waals surface area (Å²) in [7, 11) is 0. The molecule has 1 aromatic carbocycles. The lowest BCUT2D eigenvalue weighted by Gasteiger charge is -2.26. The van der Waals surface area contributed by atoms with E-state index in [2.05, 4.69) is 31.2 Å². The molecule has 1 unspecified atom stereocenters. The van der Waals surface area contributed by atoms with E-state index in [9.17, 15) is 9.18 Å². The third-order valence-electron chi connectivity index (χ3n) is 3.65. The van der Waals surface area contributed by atoms with Crippen molar-refractivity contribution in [2.45, 2.75) is 13.0 Å². The van der Waals surface area contributed by atoms with Crippen molar-refractivity contribution in [3.8, 4) is 0 Å². The first-order valence-corrected chi connectivity index (χ1v) is 10.1. The minimum Gasteiger partial charge on any atom is -0.463 e. The maximum Gasteiger partial charge on any atom is 0.338 e. The number of thiazole rings is 1. The number of alkyl halides is 1. The van der Waals surface area contributed by atoms with Crippen LogP contribution in [0.2, 0.25) is 5.02 Å². The minimum atomic E-state index is -0.728. The van der Waals surface area contributed by atoms with Crippen molar-refractivity contribution in [3.05, 3.63) is 62.5 Å². The van der Waals surface area contributed by atoms with Gasteiger partial charge in [0.05, 0.1) is 17.2 Å². The monoisotopic (exact) mass is 457 g/mol. The van der Waals surface area contributed by atoms with Crippen LogP contribution in [-0.4, -0.2) is 28.7 Å². The number of aromatic nitrogens is 1. The number of benzene rings is 1. The SMILES string of the molecule is CCOC(=O)C1=C(CBr)NC(c2nccs2)=NC1c1ccc(Cl)c(F)c1. The zero-order valence-electron chi connectivity index (χ0n) is 13.6. The van der Waals surface area contributed by atoms with E-state index in [1.54, 1.807) is 19.2 Å². The number of hydrogen-bond acceptors (Lipinski definition) is 6. The Morgan fingerprint density at radius 3 is 2.92 bits per heavy atom. The van der Waals surface area contributed by atoms with Gasteiger partial charge in [0.2, 0.25) is 0 Å². The molecule has 136 valence electrons. The first kappa shape index (κ1) is 19.0. The van der Waals surface area contributed by atoms with Crippen LogP contribution in [0.3, 0.4) is 0 Å². The Balaban J connectivity index is 2.13. The quantitative estimate of drug-likeness (QED) is 0.538. The van der Waals surface area contributed by atoms with Gasteiger partial charge in [-0.3, -0.25) is 4.99 Å². The summed E-state index contributed by atoms with van der Waals surface area (Å²) in [6, 6.07) is 3.65. The van der Waals surface area contributed by atoms with Crippen molar-refractivity contribution in [1.29, 1.82) is 0 Å². The average molecular weight is 459 g/mol. The van der Waals surface area contributed by atoms with Gasteiger partial charge < -0.3 is 10.1 Å². The zero-order valence-corrected chi connectivity index (χ0v) is 16.8. The van der Waals surface area contributed by atoms with Gasteiger partial charge in [0, 0.05) is 22.6 Å². The number of nitrogens with one attached hydrogen (secondary N) is 1. The Labute approximate surface area is 167 Å². The molecule has 26 heavy (non-hydrogen) atoms. The van der Waals surface area contributed by atoms with Crippen LogP contribution in [0, 0.1) is 5.82 Å². The highest BCUT2D eigenvalue weighted by Gasteiger charge is 2.32. The van der Waals surface area contributed by atoms with E-state index in [1.165, 1.54) is 23.5 Å². The number of carbonyl (C=O) groups is 1. The van der Waals surface area contributed by atoms with Crippen LogP contribution in [0.4, 0.5) is 4.39 Å². The number of halogens is 3. The molecule has 1 atom stereocenters. The molecular weight excluding hydrogens is 445 g/mol.